The van der Waals surface area contributed by atoms with Crippen LogP contribution in [0.25, 0.3) is 0 Å². The first-order valence-electron chi connectivity index (χ1n) is 9.53. The van der Waals surface area contributed by atoms with E-state index < -0.39 is 0 Å². The van der Waals surface area contributed by atoms with Crippen LogP contribution in [0.3, 0.4) is 0 Å². The second kappa shape index (κ2) is 14.8. The first kappa shape index (κ1) is 23.5. The minimum Gasteiger partial charge on any atom is -0.345 e. The van der Waals surface area contributed by atoms with E-state index >= 15 is 0 Å². The van der Waals surface area contributed by atoms with Crippen LogP contribution in [-0.2, 0) is 11.2 Å². The van der Waals surface area contributed by atoms with E-state index in [9.17, 15) is 4.79 Å². The van der Waals surface area contributed by atoms with E-state index in [0.717, 1.165) is 18.5 Å². The van der Waals surface area contributed by atoms with Crippen LogP contribution >= 0.6 is 0 Å². The molecule has 1 amide bonds. The molecule has 1 aromatic carbocycles. The summed E-state index contributed by atoms with van der Waals surface area (Å²) in [6.07, 6.45) is 10.5. The molecule has 0 saturated carbocycles. The number of hydrogen-bond acceptors (Lipinski definition) is 2. The topological polar surface area (TPSA) is 41.1 Å². The predicted molar refractivity (Wildman–Crippen MR) is 113 cm³/mol. The molecule has 3 nitrogen and oxygen atoms in total. The highest BCUT2D eigenvalue weighted by atomic mass is 16.1. The van der Waals surface area contributed by atoms with Crippen molar-refractivity contribution in [3.05, 3.63) is 83.9 Å². The molecule has 2 rings (SSSR count). The molecule has 0 saturated heterocycles. The van der Waals surface area contributed by atoms with E-state index in [1.807, 2.05) is 52.8 Å². The summed E-state index contributed by atoms with van der Waals surface area (Å²) in [5.74, 6) is 0.481. The van der Waals surface area contributed by atoms with Crippen LogP contribution in [0.1, 0.15) is 53.0 Å². The Kier molecular flexibility index (Phi) is 13.3. The second-order valence-corrected chi connectivity index (χ2v) is 5.20. The lowest BCUT2D eigenvalue weighted by atomic mass is 10.0. The normalized spacial score (nSPS) is 12.0. The minimum absolute atomic E-state index is 0.0393. The van der Waals surface area contributed by atoms with Gasteiger partial charge >= 0.3 is 0 Å². The zero-order valence-electron chi connectivity index (χ0n) is 16.9. The van der Waals surface area contributed by atoms with Gasteiger partial charge in [-0.2, -0.15) is 0 Å². The van der Waals surface area contributed by atoms with Gasteiger partial charge in [-0.25, -0.2) is 0 Å². The smallest absolute Gasteiger partial charge is 0.225 e. The maximum absolute atomic E-state index is 11.3. The van der Waals surface area contributed by atoms with Crippen molar-refractivity contribution in [1.29, 1.82) is 0 Å². The fraction of sp³-hybridized carbons (Fsp3) is 0.348. The SMILES string of the molecule is C=C(NC(=O)CC)NC1=CC=CC(Cc2ccccc2)=CC1.CC.CC. The van der Waals surface area contributed by atoms with Gasteiger partial charge in [0.1, 0.15) is 5.82 Å². The third-order valence-electron chi connectivity index (χ3n) is 3.37. The van der Waals surface area contributed by atoms with Gasteiger partial charge in [-0.3, -0.25) is 4.79 Å². The number of carbonyl (C=O) groups excluding carboxylic acids is 1. The molecule has 0 bridgehead atoms. The van der Waals surface area contributed by atoms with Gasteiger partial charge in [-0.05, 0) is 23.6 Å². The Morgan fingerprint density at radius 3 is 2.38 bits per heavy atom. The molecule has 26 heavy (non-hydrogen) atoms. The van der Waals surface area contributed by atoms with Gasteiger partial charge in [-0.15, -0.1) is 0 Å². The first-order chi connectivity index (χ1) is 12.7. The highest BCUT2D eigenvalue weighted by Crippen LogP contribution is 2.15. The van der Waals surface area contributed by atoms with Crippen molar-refractivity contribution in [3.63, 3.8) is 0 Å². The van der Waals surface area contributed by atoms with Crippen molar-refractivity contribution < 1.29 is 4.79 Å². The Morgan fingerprint density at radius 1 is 1.12 bits per heavy atom. The highest BCUT2D eigenvalue weighted by molar-refractivity contribution is 5.77. The second-order valence-electron chi connectivity index (χ2n) is 5.20. The number of nitrogens with one attached hydrogen (secondary N) is 2. The predicted octanol–water partition coefficient (Wildman–Crippen LogP) is 5.64. The average Bonchev–Trinajstić information content (AvgIpc) is 2.90. The summed E-state index contributed by atoms with van der Waals surface area (Å²) in [6, 6.07) is 10.4. The van der Waals surface area contributed by atoms with Gasteiger partial charge in [-0.1, -0.05) is 89.8 Å². The lowest BCUT2D eigenvalue weighted by Crippen LogP contribution is -2.29. The van der Waals surface area contributed by atoms with Crippen LogP contribution in [0.5, 0.6) is 0 Å². The van der Waals surface area contributed by atoms with Crippen LogP contribution in [0.15, 0.2) is 78.3 Å². The fourth-order valence-electron chi connectivity index (χ4n) is 2.20. The standard InChI is InChI=1S/C19H22N2O.2C2H6/c1-3-19(22)21-15(2)20-18-11-7-10-17(12-13-18)14-16-8-5-4-6-9-16;2*1-2/h4-12,20H,2-3,13-14H2,1H3,(H,21,22);2*1-2H3. The summed E-state index contributed by atoms with van der Waals surface area (Å²) in [7, 11) is 0. The van der Waals surface area contributed by atoms with Gasteiger partial charge in [0.05, 0.1) is 0 Å². The van der Waals surface area contributed by atoms with Crippen LogP contribution < -0.4 is 10.6 Å². The van der Waals surface area contributed by atoms with E-state index in [1.54, 1.807) is 0 Å². The molecule has 1 aliphatic rings. The number of carbonyl (C=O) groups is 1. The molecule has 0 fully saturated rings. The Morgan fingerprint density at radius 2 is 1.77 bits per heavy atom. The maximum atomic E-state index is 11.3. The van der Waals surface area contributed by atoms with E-state index in [0.29, 0.717) is 12.2 Å². The zero-order chi connectivity index (χ0) is 19.8. The Balaban J connectivity index is 0.00000146. The summed E-state index contributed by atoms with van der Waals surface area (Å²) in [5.41, 5.74) is 3.59. The third kappa shape index (κ3) is 9.67. The van der Waals surface area contributed by atoms with Gasteiger partial charge in [0.15, 0.2) is 0 Å². The summed E-state index contributed by atoms with van der Waals surface area (Å²) < 4.78 is 0. The third-order valence-corrected chi connectivity index (χ3v) is 3.37. The Labute approximate surface area is 159 Å². The molecule has 0 radical (unpaired) electrons. The van der Waals surface area contributed by atoms with E-state index in [1.165, 1.54) is 11.1 Å². The van der Waals surface area contributed by atoms with Crippen LogP contribution in [0, 0.1) is 0 Å². The lowest BCUT2D eigenvalue weighted by Gasteiger charge is -2.12. The molecule has 2 N–H and O–H groups in total. The largest absolute Gasteiger partial charge is 0.345 e. The highest BCUT2D eigenvalue weighted by Gasteiger charge is 2.04. The van der Waals surface area contributed by atoms with Crippen molar-refractivity contribution >= 4 is 5.91 Å². The van der Waals surface area contributed by atoms with Gasteiger partial charge in [0.2, 0.25) is 5.91 Å². The van der Waals surface area contributed by atoms with E-state index in [4.69, 9.17) is 0 Å². The molecule has 0 aromatic heterocycles. The zero-order valence-corrected chi connectivity index (χ0v) is 16.9. The summed E-state index contributed by atoms with van der Waals surface area (Å²) in [6.45, 7) is 13.6. The molecule has 0 spiro atoms. The molecular weight excluding hydrogens is 320 g/mol. The lowest BCUT2D eigenvalue weighted by molar-refractivity contribution is -0.120. The number of rotatable bonds is 6. The van der Waals surface area contributed by atoms with Crippen LogP contribution in [0.4, 0.5) is 0 Å². The maximum Gasteiger partial charge on any atom is 0.225 e. The number of amides is 1. The van der Waals surface area contributed by atoms with Gasteiger partial charge < -0.3 is 10.6 Å². The van der Waals surface area contributed by atoms with Crippen molar-refractivity contribution in [2.24, 2.45) is 0 Å². The monoisotopic (exact) mass is 354 g/mol. The summed E-state index contributed by atoms with van der Waals surface area (Å²) >= 11 is 0. The molecule has 1 aliphatic carbocycles. The molecular formula is C23H34N2O. The number of hydrogen-bond donors (Lipinski definition) is 2. The first-order valence-corrected chi connectivity index (χ1v) is 9.53. The van der Waals surface area contributed by atoms with Crippen molar-refractivity contribution in [2.75, 3.05) is 0 Å². The van der Waals surface area contributed by atoms with Crippen molar-refractivity contribution in [1.82, 2.24) is 10.6 Å². The molecule has 0 unspecified atom stereocenters. The van der Waals surface area contributed by atoms with Crippen molar-refractivity contribution in [3.8, 4) is 0 Å². The Hall–Kier alpha value is -2.55. The molecule has 3 heteroatoms. The fourth-order valence-corrected chi connectivity index (χ4v) is 2.20. The minimum atomic E-state index is -0.0393. The quantitative estimate of drug-likeness (QED) is 0.694. The van der Waals surface area contributed by atoms with E-state index in [-0.39, 0.29) is 5.91 Å². The van der Waals surface area contributed by atoms with Gasteiger partial charge in [0, 0.05) is 18.5 Å². The summed E-state index contributed by atoms with van der Waals surface area (Å²) in [5, 5.41) is 5.87. The number of benzene rings is 1. The van der Waals surface area contributed by atoms with Crippen molar-refractivity contribution in [2.45, 2.75) is 53.9 Å². The van der Waals surface area contributed by atoms with Gasteiger partial charge in [0.25, 0.3) is 0 Å². The molecule has 0 aliphatic heterocycles. The molecule has 0 heterocycles. The van der Waals surface area contributed by atoms with Crippen LogP contribution in [-0.4, -0.2) is 5.91 Å². The average molecular weight is 355 g/mol. The van der Waals surface area contributed by atoms with Crippen LogP contribution in [0.2, 0.25) is 0 Å². The molecule has 142 valence electrons. The summed E-state index contributed by atoms with van der Waals surface area (Å²) in [4.78, 5) is 11.3. The molecule has 0 atom stereocenters. The van der Waals surface area contributed by atoms with E-state index in [2.05, 4.69) is 53.6 Å². The Bertz CT molecular complexity index is 625. The number of allylic oxidation sites excluding steroid dienone is 5. The molecule has 1 aromatic rings.